The number of piperazine rings is 1. The summed E-state index contributed by atoms with van der Waals surface area (Å²) in [5.74, 6) is 0. The van der Waals surface area contributed by atoms with Crippen molar-refractivity contribution in [3.63, 3.8) is 0 Å². The minimum absolute atomic E-state index is 0.253. The zero-order valence-corrected chi connectivity index (χ0v) is 12.5. The third-order valence-electron chi connectivity index (χ3n) is 4.65. The highest BCUT2D eigenvalue weighted by Crippen LogP contribution is 2.29. The average Bonchev–Trinajstić information content (AvgIpc) is 2.33. The summed E-state index contributed by atoms with van der Waals surface area (Å²) in [6.07, 6.45) is 5.31. The van der Waals surface area contributed by atoms with E-state index in [0.29, 0.717) is 6.04 Å². The molecule has 4 nitrogen and oxygen atoms in total. The largest absolute Gasteiger partial charge is 0.392 e. The van der Waals surface area contributed by atoms with Gasteiger partial charge in [-0.2, -0.15) is 0 Å². The van der Waals surface area contributed by atoms with E-state index in [2.05, 4.69) is 16.7 Å². The molecule has 1 heterocycles. The summed E-state index contributed by atoms with van der Waals surface area (Å²) < 4.78 is 0. The highest BCUT2D eigenvalue weighted by Gasteiger charge is 2.33. The van der Waals surface area contributed by atoms with Crippen molar-refractivity contribution in [3.8, 4) is 0 Å². The molecule has 2 rings (SSSR count). The summed E-state index contributed by atoms with van der Waals surface area (Å²) in [7, 11) is 0. The Morgan fingerprint density at radius 1 is 1.21 bits per heavy atom. The van der Waals surface area contributed by atoms with Gasteiger partial charge in [0.15, 0.2) is 0 Å². The molecule has 0 spiro atoms. The van der Waals surface area contributed by atoms with Crippen molar-refractivity contribution in [1.82, 2.24) is 9.80 Å². The van der Waals surface area contributed by atoms with Gasteiger partial charge in [-0.3, -0.25) is 9.80 Å². The van der Waals surface area contributed by atoms with Gasteiger partial charge < -0.3 is 10.2 Å². The Morgan fingerprint density at radius 2 is 1.89 bits per heavy atom. The first-order valence-corrected chi connectivity index (χ1v) is 7.85. The molecule has 2 aliphatic rings. The summed E-state index contributed by atoms with van der Waals surface area (Å²) in [5, 5.41) is 20.1. The lowest BCUT2D eigenvalue weighted by atomic mass is 9.84. The summed E-state index contributed by atoms with van der Waals surface area (Å²) >= 11 is 0. The number of aliphatic hydroxyl groups is 2. The molecule has 1 aliphatic heterocycles. The quantitative estimate of drug-likeness (QED) is 0.802. The van der Waals surface area contributed by atoms with Crippen molar-refractivity contribution in [2.45, 2.75) is 63.7 Å². The maximum absolute atomic E-state index is 10.6. The lowest BCUT2D eigenvalue weighted by molar-refractivity contribution is -0.0456. The van der Waals surface area contributed by atoms with Crippen LogP contribution in [0.15, 0.2) is 0 Å². The second-order valence-electron chi connectivity index (χ2n) is 6.71. The summed E-state index contributed by atoms with van der Waals surface area (Å²) in [5.41, 5.74) is -0.440. The van der Waals surface area contributed by atoms with Crippen molar-refractivity contribution in [2.24, 2.45) is 0 Å². The van der Waals surface area contributed by atoms with Crippen LogP contribution in [0.1, 0.15) is 46.0 Å². The van der Waals surface area contributed by atoms with Gasteiger partial charge in [0, 0.05) is 38.8 Å². The van der Waals surface area contributed by atoms with Crippen LogP contribution in [0.5, 0.6) is 0 Å². The third-order valence-corrected chi connectivity index (χ3v) is 4.65. The first-order valence-electron chi connectivity index (χ1n) is 7.85. The average molecular weight is 270 g/mol. The van der Waals surface area contributed by atoms with Crippen molar-refractivity contribution in [3.05, 3.63) is 0 Å². The van der Waals surface area contributed by atoms with Gasteiger partial charge in [0.1, 0.15) is 0 Å². The van der Waals surface area contributed by atoms with Gasteiger partial charge in [-0.15, -0.1) is 0 Å². The molecule has 1 saturated heterocycles. The van der Waals surface area contributed by atoms with Crippen LogP contribution in [0, 0.1) is 0 Å². The number of aliphatic hydroxyl groups excluding tert-OH is 1. The van der Waals surface area contributed by atoms with Crippen LogP contribution in [0.25, 0.3) is 0 Å². The topological polar surface area (TPSA) is 46.9 Å². The Morgan fingerprint density at radius 3 is 2.47 bits per heavy atom. The first kappa shape index (κ1) is 15.2. The van der Waals surface area contributed by atoms with Crippen molar-refractivity contribution in [2.75, 3.05) is 32.7 Å². The van der Waals surface area contributed by atoms with Crippen LogP contribution < -0.4 is 0 Å². The first-order chi connectivity index (χ1) is 8.98. The van der Waals surface area contributed by atoms with Gasteiger partial charge in [-0.25, -0.2) is 0 Å². The summed E-state index contributed by atoms with van der Waals surface area (Å²) in [6, 6.07) is 0.468. The molecule has 4 heteroatoms. The standard InChI is InChI=1S/C15H30N2O2/c1-13-10-16(8-9-17(13)11-14(2)18)12-15(19)6-4-3-5-7-15/h13-14,18-19H,3-12H2,1-2H3/t13-,14-/m1/s1. The molecular formula is C15H30N2O2. The molecule has 0 aromatic carbocycles. The van der Waals surface area contributed by atoms with Gasteiger partial charge >= 0.3 is 0 Å². The maximum atomic E-state index is 10.6. The predicted molar refractivity (Wildman–Crippen MR) is 77.2 cm³/mol. The summed E-state index contributed by atoms with van der Waals surface area (Å²) in [4.78, 5) is 4.76. The van der Waals surface area contributed by atoms with E-state index in [1.165, 1.54) is 19.3 Å². The van der Waals surface area contributed by atoms with Crippen molar-refractivity contribution in [1.29, 1.82) is 0 Å². The number of hydrogen-bond donors (Lipinski definition) is 2. The van der Waals surface area contributed by atoms with Crippen LogP contribution in [-0.4, -0.2) is 70.5 Å². The molecule has 2 N–H and O–H groups in total. The van der Waals surface area contributed by atoms with Crippen LogP contribution in [-0.2, 0) is 0 Å². The molecule has 1 aliphatic carbocycles. The molecule has 112 valence electrons. The normalized spacial score (nSPS) is 31.3. The zero-order chi connectivity index (χ0) is 13.9. The molecular weight excluding hydrogens is 240 g/mol. The number of nitrogens with zero attached hydrogens (tertiary/aromatic N) is 2. The van der Waals surface area contributed by atoms with E-state index in [1.54, 1.807) is 0 Å². The minimum Gasteiger partial charge on any atom is -0.392 e. The van der Waals surface area contributed by atoms with Gasteiger partial charge in [-0.1, -0.05) is 19.3 Å². The van der Waals surface area contributed by atoms with Crippen LogP contribution >= 0.6 is 0 Å². The molecule has 0 radical (unpaired) electrons. The molecule has 0 amide bonds. The van der Waals surface area contributed by atoms with E-state index < -0.39 is 5.60 Å². The second kappa shape index (κ2) is 6.53. The fourth-order valence-corrected chi connectivity index (χ4v) is 3.61. The highest BCUT2D eigenvalue weighted by atomic mass is 16.3. The molecule has 19 heavy (non-hydrogen) atoms. The van der Waals surface area contributed by atoms with Crippen molar-refractivity contribution >= 4 is 0 Å². The molecule has 2 atom stereocenters. The molecule has 2 fully saturated rings. The predicted octanol–water partition coefficient (Wildman–Crippen LogP) is 1.07. The fourth-order valence-electron chi connectivity index (χ4n) is 3.61. The van der Waals surface area contributed by atoms with E-state index >= 15 is 0 Å². The Hall–Kier alpha value is -0.160. The SMILES string of the molecule is C[C@@H]1CN(CC2(O)CCCCC2)CCN1C[C@@H](C)O. The maximum Gasteiger partial charge on any atom is 0.0774 e. The Balaban J connectivity index is 1.81. The molecule has 0 unspecified atom stereocenters. The van der Waals surface area contributed by atoms with Gasteiger partial charge in [0.05, 0.1) is 11.7 Å². The van der Waals surface area contributed by atoms with Gasteiger partial charge in [-0.05, 0) is 26.7 Å². The number of hydrogen-bond acceptors (Lipinski definition) is 4. The third kappa shape index (κ3) is 4.42. The Kier molecular flexibility index (Phi) is 5.23. The number of β-amino-alcohol motifs (C(OH)–C–C–N with tert-alkyl or cyclic N) is 2. The van der Waals surface area contributed by atoms with Crippen LogP contribution in [0.2, 0.25) is 0 Å². The number of rotatable bonds is 4. The van der Waals surface area contributed by atoms with E-state index in [0.717, 1.165) is 45.6 Å². The molecule has 0 bridgehead atoms. The summed E-state index contributed by atoms with van der Waals surface area (Å²) in [6.45, 7) is 8.69. The van der Waals surface area contributed by atoms with E-state index in [-0.39, 0.29) is 6.10 Å². The van der Waals surface area contributed by atoms with E-state index in [1.807, 2.05) is 6.92 Å². The minimum atomic E-state index is -0.440. The highest BCUT2D eigenvalue weighted by molar-refractivity contribution is 4.89. The van der Waals surface area contributed by atoms with Gasteiger partial charge in [0.2, 0.25) is 0 Å². The molecule has 0 aromatic heterocycles. The smallest absolute Gasteiger partial charge is 0.0774 e. The Labute approximate surface area is 117 Å². The zero-order valence-electron chi connectivity index (χ0n) is 12.5. The van der Waals surface area contributed by atoms with Crippen molar-refractivity contribution < 1.29 is 10.2 Å². The Bertz CT molecular complexity index is 277. The van der Waals surface area contributed by atoms with E-state index in [9.17, 15) is 10.2 Å². The van der Waals surface area contributed by atoms with Crippen LogP contribution in [0.4, 0.5) is 0 Å². The van der Waals surface area contributed by atoms with Crippen LogP contribution in [0.3, 0.4) is 0 Å². The monoisotopic (exact) mass is 270 g/mol. The second-order valence-corrected chi connectivity index (χ2v) is 6.71. The lowest BCUT2D eigenvalue weighted by Crippen LogP contribution is -2.56. The lowest BCUT2D eigenvalue weighted by Gasteiger charge is -2.44. The molecule has 0 aromatic rings. The molecule has 1 saturated carbocycles. The fraction of sp³-hybridized carbons (Fsp3) is 1.00. The van der Waals surface area contributed by atoms with E-state index in [4.69, 9.17) is 0 Å². The van der Waals surface area contributed by atoms with Gasteiger partial charge in [0.25, 0.3) is 0 Å².